The van der Waals surface area contributed by atoms with E-state index in [1.54, 1.807) is 6.20 Å². The molecule has 4 aromatic rings. The molecule has 0 saturated carbocycles. The minimum Gasteiger partial charge on any atom is -0.423 e. The molecule has 2 heterocycles. The summed E-state index contributed by atoms with van der Waals surface area (Å²) in [6.45, 7) is 0. The molecule has 0 aliphatic rings. The number of nitrogens with zero attached hydrogens (tertiary/aromatic N) is 2. The van der Waals surface area contributed by atoms with Crippen LogP contribution in [-0.2, 0) is 7.05 Å². The number of rotatable bonds is 3. The number of aromatic nitrogens is 2. The first-order valence-electron chi connectivity index (χ1n) is 7.13. The van der Waals surface area contributed by atoms with E-state index in [1.807, 2.05) is 49.5 Å². The molecule has 4 nitrogen and oxygen atoms in total. The van der Waals surface area contributed by atoms with Crippen LogP contribution in [-0.4, -0.2) is 9.55 Å². The molecule has 0 amide bonds. The number of oxazole rings is 1. The Hall–Kier alpha value is -3.01. The van der Waals surface area contributed by atoms with E-state index in [9.17, 15) is 0 Å². The van der Waals surface area contributed by atoms with Crippen LogP contribution in [0.5, 0.6) is 0 Å². The third-order valence-electron chi connectivity index (χ3n) is 3.69. The van der Waals surface area contributed by atoms with E-state index < -0.39 is 0 Å². The van der Waals surface area contributed by atoms with Gasteiger partial charge < -0.3 is 14.3 Å². The second kappa shape index (κ2) is 5.07. The summed E-state index contributed by atoms with van der Waals surface area (Å²) in [6, 6.07) is 18.6. The zero-order valence-corrected chi connectivity index (χ0v) is 12.2. The lowest BCUT2D eigenvalue weighted by molar-refractivity contribution is 0.592. The van der Waals surface area contributed by atoms with Gasteiger partial charge in [0, 0.05) is 35.4 Å². The molecule has 2 aromatic carbocycles. The quantitative estimate of drug-likeness (QED) is 0.600. The lowest BCUT2D eigenvalue weighted by atomic mass is 10.1. The van der Waals surface area contributed by atoms with Crippen LogP contribution in [0.3, 0.4) is 0 Å². The summed E-state index contributed by atoms with van der Waals surface area (Å²) < 4.78 is 7.95. The molecule has 0 spiro atoms. The monoisotopic (exact) mass is 289 g/mol. The Balaban J connectivity index is 1.71. The molecular formula is C18H15N3O. The molecule has 4 heteroatoms. The van der Waals surface area contributed by atoms with Gasteiger partial charge in [-0.05, 0) is 18.2 Å². The van der Waals surface area contributed by atoms with Crippen LogP contribution in [0, 0.1) is 0 Å². The van der Waals surface area contributed by atoms with E-state index in [2.05, 4.69) is 33.2 Å². The van der Waals surface area contributed by atoms with Crippen molar-refractivity contribution in [1.29, 1.82) is 0 Å². The molecule has 0 fully saturated rings. The Morgan fingerprint density at radius 2 is 1.77 bits per heavy atom. The first-order chi connectivity index (χ1) is 10.8. The van der Waals surface area contributed by atoms with Crippen molar-refractivity contribution in [3.8, 4) is 11.3 Å². The van der Waals surface area contributed by atoms with E-state index in [0.29, 0.717) is 6.01 Å². The van der Waals surface area contributed by atoms with Gasteiger partial charge in [0.15, 0.2) is 5.76 Å². The number of hydrogen-bond acceptors (Lipinski definition) is 3. The molecule has 0 atom stereocenters. The van der Waals surface area contributed by atoms with Crippen molar-refractivity contribution in [2.75, 3.05) is 5.32 Å². The van der Waals surface area contributed by atoms with Crippen molar-refractivity contribution >= 4 is 22.6 Å². The molecule has 0 radical (unpaired) electrons. The van der Waals surface area contributed by atoms with E-state index in [0.717, 1.165) is 22.4 Å². The number of para-hydroxylation sites is 2. The van der Waals surface area contributed by atoms with Crippen LogP contribution < -0.4 is 5.32 Å². The zero-order valence-electron chi connectivity index (χ0n) is 12.2. The number of aryl methyl sites for hydroxylation is 1. The topological polar surface area (TPSA) is 43.0 Å². The van der Waals surface area contributed by atoms with Crippen molar-refractivity contribution in [1.82, 2.24) is 9.55 Å². The summed E-state index contributed by atoms with van der Waals surface area (Å²) in [5.41, 5.74) is 3.17. The van der Waals surface area contributed by atoms with Crippen molar-refractivity contribution in [2.45, 2.75) is 0 Å². The van der Waals surface area contributed by atoms with Gasteiger partial charge in [0.1, 0.15) is 0 Å². The van der Waals surface area contributed by atoms with Gasteiger partial charge >= 0.3 is 0 Å². The maximum Gasteiger partial charge on any atom is 0.299 e. The highest BCUT2D eigenvalue weighted by Crippen LogP contribution is 2.31. The van der Waals surface area contributed by atoms with E-state index >= 15 is 0 Å². The maximum absolute atomic E-state index is 5.86. The van der Waals surface area contributed by atoms with Crippen LogP contribution in [0.1, 0.15) is 0 Å². The first-order valence-corrected chi connectivity index (χ1v) is 7.13. The number of fused-ring (bicyclic) bond motifs is 1. The average Bonchev–Trinajstić information content (AvgIpc) is 3.14. The molecular weight excluding hydrogens is 274 g/mol. The smallest absolute Gasteiger partial charge is 0.299 e. The second-order valence-electron chi connectivity index (χ2n) is 5.19. The third-order valence-corrected chi connectivity index (χ3v) is 3.69. The Kier molecular flexibility index (Phi) is 2.93. The molecule has 22 heavy (non-hydrogen) atoms. The highest BCUT2D eigenvalue weighted by Gasteiger charge is 2.12. The fourth-order valence-corrected chi connectivity index (χ4v) is 2.64. The largest absolute Gasteiger partial charge is 0.423 e. The second-order valence-corrected chi connectivity index (χ2v) is 5.19. The highest BCUT2D eigenvalue weighted by molar-refractivity contribution is 5.94. The average molecular weight is 289 g/mol. The number of benzene rings is 2. The SMILES string of the molecule is Cn1cc(-c2cnc(Nc3ccccc3)o2)c2ccccc21. The molecule has 0 aliphatic heterocycles. The Morgan fingerprint density at radius 1 is 1.00 bits per heavy atom. The summed E-state index contributed by atoms with van der Waals surface area (Å²) in [6.07, 6.45) is 3.82. The predicted molar refractivity (Wildman–Crippen MR) is 88.1 cm³/mol. The van der Waals surface area contributed by atoms with Gasteiger partial charge in [-0.25, -0.2) is 4.98 Å². The standard InChI is InChI=1S/C18H15N3O/c1-21-12-15(14-9-5-6-10-16(14)21)17-11-19-18(22-17)20-13-7-3-2-4-8-13/h2-12H,1H3,(H,19,20). The van der Waals surface area contributed by atoms with E-state index in [4.69, 9.17) is 4.42 Å². The van der Waals surface area contributed by atoms with Crippen LogP contribution in [0.25, 0.3) is 22.2 Å². The maximum atomic E-state index is 5.86. The van der Waals surface area contributed by atoms with Crippen LogP contribution in [0.15, 0.2) is 71.4 Å². The molecule has 4 rings (SSSR count). The van der Waals surface area contributed by atoms with E-state index in [-0.39, 0.29) is 0 Å². The van der Waals surface area contributed by atoms with Gasteiger partial charge in [0.05, 0.1) is 6.20 Å². The normalized spacial score (nSPS) is 11.0. The number of nitrogens with one attached hydrogen (secondary N) is 1. The molecule has 0 saturated heterocycles. The Labute approximate surface area is 128 Å². The van der Waals surface area contributed by atoms with Crippen LogP contribution >= 0.6 is 0 Å². The van der Waals surface area contributed by atoms with Gasteiger partial charge in [0.25, 0.3) is 6.01 Å². The number of hydrogen-bond donors (Lipinski definition) is 1. The first kappa shape index (κ1) is 12.7. The van der Waals surface area contributed by atoms with Gasteiger partial charge in [-0.2, -0.15) is 0 Å². The summed E-state index contributed by atoms with van der Waals surface area (Å²) in [5.74, 6) is 0.759. The van der Waals surface area contributed by atoms with Gasteiger partial charge in [-0.15, -0.1) is 0 Å². The van der Waals surface area contributed by atoms with Crippen molar-refractivity contribution in [3.63, 3.8) is 0 Å². The Bertz CT molecular complexity index is 922. The zero-order chi connectivity index (χ0) is 14.9. The third kappa shape index (κ3) is 2.15. The minimum atomic E-state index is 0.495. The summed E-state index contributed by atoms with van der Waals surface area (Å²) >= 11 is 0. The van der Waals surface area contributed by atoms with E-state index in [1.165, 1.54) is 5.52 Å². The predicted octanol–water partition coefficient (Wildman–Crippen LogP) is 4.58. The molecule has 0 unspecified atom stereocenters. The molecule has 2 aromatic heterocycles. The summed E-state index contributed by atoms with van der Waals surface area (Å²) in [5, 5.41) is 4.32. The van der Waals surface area contributed by atoms with Gasteiger partial charge in [-0.1, -0.05) is 36.4 Å². The summed E-state index contributed by atoms with van der Waals surface area (Å²) in [4.78, 5) is 4.32. The van der Waals surface area contributed by atoms with Crippen LogP contribution in [0.4, 0.5) is 11.7 Å². The highest BCUT2D eigenvalue weighted by atomic mass is 16.4. The lowest BCUT2D eigenvalue weighted by Gasteiger charge is -2.00. The van der Waals surface area contributed by atoms with Crippen molar-refractivity contribution < 1.29 is 4.42 Å². The molecule has 108 valence electrons. The fraction of sp³-hybridized carbons (Fsp3) is 0.0556. The fourth-order valence-electron chi connectivity index (χ4n) is 2.64. The van der Waals surface area contributed by atoms with Crippen molar-refractivity contribution in [2.24, 2.45) is 7.05 Å². The lowest BCUT2D eigenvalue weighted by Crippen LogP contribution is -1.88. The molecule has 1 N–H and O–H groups in total. The van der Waals surface area contributed by atoms with Gasteiger partial charge in [0.2, 0.25) is 0 Å². The number of anilines is 2. The minimum absolute atomic E-state index is 0.495. The Morgan fingerprint density at radius 3 is 2.64 bits per heavy atom. The van der Waals surface area contributed by atoms with Gasteiger partial charge in [-0.3, -0.25) is 0 Å². The molecule has 0 bridgehead atoms. The van der Waals surface area contributed by atoms with Crippen LogP contribution in [0.2, 0.25) is 0 Å². The summed E-state index contributed by atoms with van der Waals surface area (Å²) in [7, 11) is 2.03. The van der Waals surface area contributed by atoms with Crippen molar-refractivity contribution in [3.05, 3.63) is 67.0 Å². The molecule has 0 aliphatic carbocycles.